The minimum Gasteiger partial charge on any atom is -0.443 e. The first kappa shape index (κ1) is 13.3. The number of hydrogen-bond acceptors (Lipinski definition) is 4. The van der Waals surface area contributed by atoms with Gasteiger partial charge in [0, 0.05) is 18.2 Å². The Labute approximate surface area is 121 Å². The lowest BCUT2D eigenvalue weighted by Crippen LogP contribution is -2.22. The molecule has 0 bridgehead atoms. The Kier molecular flexibility index (Phi) is 4.41. The molecule has 6 heteroatoms. The zero-order valence-electron chi connectivity index (χ0n) is 9.46. The van der Waals surface area contributed by atoms with Gasteiger partial charge in [-0.05, 0) is 37.9 Å². The van der Waals surface area contributed by atoms with Crippen molar-refractivity contribution >= 4 is 43.2 Å². The summed E-state index contributed by atoms with van der Waals surface area (Å²) in [5, 5.41) is 3.34. The molecule has 0 saturated heterocycles. The maximum Gasteiger partial charge on any atom is 0.181 e. The van der Waals surface area contributed by atoms with Crippen LogP contribution in [0.1, 0.15) is 19.5 Å². The molecule has 2 aromatic heterocycles. The summed E-state index contributed by atoms with van der Waals surface area (Å²) >= 11 is 8.62. The molecule has 0 atom stereocenters. The lowest BCUT2D eigenvalue weighted by molar-refractivity contribution is 0.563. The van der Waals surface area contributed by atoms with Gasteiger partial charge < -0.3 is 9.73 Å². The molecule has 0 unspecified atom stereocenters. The van der Waals surface area contributed by atoms with Crippen molar-refractivity contribution < 1.29 is 4.42 Å². The summed E-state index contributed by atoms with van der Waals surface area (Å²) in [5.74, 6) is 0.826. The molecule has 1 N–H and O–H groups in total. The Bertz CT molecular complexity index is 507. The molecule has 0 amide bonds. The van der Waals surface area contributed by atoms with Gasteiger partial charge in [-0.15, -0.1) is 11.3 Å². The van der Waals surface area contributed by atoms with Crippen LogP contribution in [0.5, 0.6) is 0 Å². The van der Waals surface area contributed by atoms with Crippen molar-refractivity contribution in [2.75, 3.05) is 0 Å². The minimum atomic E-state index is 0.428. The molecule has 92 valence electrons. The fourth-order valence-electron chi connectivity index (χ4n) is 1.41. The largest absolute Gasteiger partial charge is 0.443 e. The number of rotatable bonds is 4. The van der Waals surface area contributed by atoms with Crippen LogP contribution in [0.25, 0.3) is 11.3 Å². The predicted octanol–water partition coefficient (Wildman–Crippen LogP) is 4.43. The zero-order valence-corrected chi connectivity index (χ0v) is 13.4. The number of nitrogens with one attached hydrogen (secondary N) is 1. The van der Waals surface area contributed by atoms with E-state index in [1.54, 1.807) is 11.3 Å². The van der Waals surface area contributed by atoms with E-state index >= 15 is 0 Å². The Morgan fingerprint density at radius 3 is 2.82 bits per heavy atom. The maximum absolute atomic E-state index is 5.48. The van der Waals surface area contributed by atoms with Gasteiger partial charge in [-0.2, -0.15) is 0 Å². The number of oxazole rings is 1. The van der Waals surface area contributed by atoms with Gasteiger partial charge in [0.25, 0.3) is 0 Å². The Hall–Kier alpha value is -0.170. The van der Waals surface area contributed by atoms with Crippen molar-refractivity contribution in [1.82, 2.24) is 10.3 Å². The van der Waals surface area contributed by atoms with Crippen LogP contribution in [0.4, 0.5) is 0 Å². The third-order valence-corrected chi connectivity index (χ3v) is 4.56. The summed E-state index contributed by atoms with van der Waals surface area (Å²) in [6, 6.07) is 2.46. The highest BCUT2D eigenvalue weighted by Crippen LogP contribution is 2.39. The van der Waals surface area contributed by atoms with E-state index in [1.807, 2.05) is 6.07 Å². The quantitative estimate of drug-likeness (QED) is 0.853. The minimum absolute atomic E-state index is 0.428. The normalized spacial score (nSPS) is 11.4. The number of thiophene rings is 1. The number of hydrogen-bond donors (Lipinski definition) is 1. The summed E-state index contributed by atoms with van der Waals surface area (Å²) in [6.07, 6.45) is 1.49. The molecule has 2 heterocycles. The topological polar surface area (TPSA) is 38.1 Å². The highest BCUT2D eigenvalue weighted by atomic mass is 79.9. The van der Waals surface area contributed by atoms with Gasteiger partial charge in [-0.3, -0.25) is 0 Å². The molecule has 0 spiro atoms. The first-order valence-corrected chi connectivity index (χ1v) is 7.59. The lowest BCUT2D eigenvalue weighted by atomic mass is 10.2. The van der Waals surface area contributed by atoms with E-state index in [9.17, 15) is 0 Å². The Balaban J connectivity index is 2.27. The number of aromatic nitrogens is 1. The van der Waals surface area contributed by atoms with Gasteiger partial charge in [0.1, 0.15) is 5.69 Å². The monoisotopic (exact) mass is 378 g/mol. The van der Waals surface area contributed by atoms with E-state index in [0.29, 0.717) is 12.6 Å². The van der Waals surface area contributed by atoms with Crippen molar-refractivity contribution in [3.05, 3.63) is 25.7 Å². The van der Waals surface area contributed by atoms with Crippen LogP contribution in [0.15, 0.2) is 24.4 Å². The fourth-order valence-corrected chi connectivity index (χ4v) is 4.20. The van der Waals surface area contributed by atoms with Crippen molar-refractivity contribution in [3.63, 3.8) is 0 Å². The van der Waals surface area contributed by atoms with Crippen LogP contribution >= 0.6 is 43.2 Å². The van der Waals surface area contributed by atoms with Gasteiger partial charge in [0.15, 0.2) is 12.2 Å². The van der Waals surface area contributed by atoms with Crippen LogP contribution in [0.3, 0.4) is 0 Å². The molecule has 17 heavy (non-hydrogen) atoms. The van der Waals surface area contributed by atoms with E-state index in [-0.39, 0.29) is 0 Å². The summed E-state index contributed by atoms with van der Waals surface area (Å²) in [4.78, 5) is 4.25. The van der Waals surface area contributed by atoms with Crippen LogP contribution in [0, 0.1) is 0 Å². The molecule has 0 fully saturated rings. The number of nitrogens with zero attached hydrogens (tertiary/aromatic N) is 1. The SMILES string of the molecule is CC(C)NCc1ncoc1-c1cc(Br)sc1Br. The molecular weight excluding hydrogens is 368 g/mol. The Morgan fingerprint density at radius 1 is 1.47 bits per heavy atom. The first-order valence-electron chi connectivity index (χ1n) is 5.19. The van der Waals surface area contributed by atoms with Crippen molar-refractivity contribution in [2.24, 2.45) is 0 Å². The average molecular weight is 380 g/mol. The van der Waals surface area contributed by atoms with Crippen LogP contribution in [-0.2, 0) is 6.54 Å². The second-order valence-electron chi connectivity index (χ2n) is 3.90. The van der Waals surface area contributed by atoms with E-state index < -0.39 is 0 Å². The van der Waals surface area contributed by atoms with E-state index in [0.717, 1.165) is 24.6 Å². The Morgan fingerprint density at radius 2 is 2.24 bits per heavy atom. The summed E-state index contributed by atoms with van der Waals surface area (Å²) in [5.41, 5.74) is 1.98. The second kappa shape index (κ2) is 5.65. The predicted molar refractivity (Wildman–Crippen MR) is 77.2 cm³/mol. The molecule has 0 saturated carbocycles. The van der Waals surface area contributed by atoms with Gasteiger partial charge >= 0.3 is 0 Å². The zero-order chi connectivity index (χ0) is 12.4. The lowest BCUT2D eigenvalue weighted by Gasteiger charge is -2.06. The molecule has 0 aliphatic rings. The summed E-state index contributed by atoms with van der Waals surface area (Å²) in [6.45, 7) is 4.93. The van der Waals surface area contributed by atoms with Crippen LogP contribution < -0.4 is 5.32 Å². The summed E-state index contributed by atoms with van der Waals surface area (Å²) in [7, 11) is 0. The molecule has 0 aliphatic heterocycles. The molecular formula is C11H12Br2N2OS. The van der Waals surface area contributed by atoms with Gasteiger partial charge in [0.05, 0.1) is 7.57 Å². The molecule has 3 nitrogen and oxygen atoms in total. The van der Waals surface area contributed by atoms with E-state index in [4.69, 9.17) is 4.42 Å². The third kappa shape index (κ3) is 3.19. The van der Waals surface area contributed by atoms with E-state index in [2.05, 4.69) is 56.0 Å². The molecule has 0 aromatic carbocycles. The highest BCUT2D eigenvalue weighted by Gasteiger charge is 2.16. The molecule has 2 aromatic rings. The smallest absolute Gasteiger partial charge is 0.181 e. The second-order valence-corrected chi connectivity index (χ2v) is 7.65. The van der Waals surface area contributed by atoms with Crippen LogP contribution in [-0.4, -0.2) is 11.0 Å². The first-order chi connectivity index (χ1) is 8.08. The summed E-state index contributed by atoms with van der Waals surface area (Å²) < 4.78 is 7.60. The van der Waals surface area contributed by atoms with Gasteiger partial charge in [-0.1, -0.05) is 13.8 Å². The fraction of sp³-hybridized carbons (Fsp3) is 0.364. The third-order valence-electron chi connectivity index (χ3n) is 2.22. The maximum atomic E-state index is 5.48. The number of halogens is 2. The molecule has 0 radical (unpaired) electrons. The molecule has 2 rings (SSSR count). The van der Waals surface area contributed by atoms with Crippen LogP contribution in [0.2, 0.25) is 0 Å². The van der Waals surface area contributed by atoms with E-state index in [1.165, 1.54) is 6.39 Å². The van der Waals surface area contributed by atoms with Crippen molar-refractivity contribution in [1.29, 1.82) is 0 Å². The van der Waals surface area contributed by atoms with Gasteiger partial charge in [0.2, 0.25) is 0 Å². The van der Waals surface area contributed by atoms with Crippen molar-refractivity contribution in [2.45, 2.75) is 26.4 Å². The standard InChI is InChI=1S/C11H12Br2N2OS/c1-6(2)14-4-8-10(16-5-15-8)7-3-9(12)17-11(7)13/h3,5-6,14H,4H2,1-2H3. The highest BCUT2D eigenvalue weighted by molar-refractivity contribution is 9.12. The molecule has 0 aliphatic carbocycles. The average Bonchev–Trinajstić information content (AvgIpc) is 2.81. The van der Waals surface area contributed by atoms with Crippen molar-refractivity contribution in [3.8, 4) is 11.3 Å². The van der Waals surface area contributed by atoms with Gasteiger partial charge in [-0.25, -0.2) is 4.98 Å².